The number of hydrogen-bond acceptors (Lipinski definition) is 3. The molecule has 0 unspecified atom stereocenters. The van der Waals surface area contributed by atoms with E-state index in [1.54, 1.807) is 0 Å². The Morgan fingerprint density at radius 2 is 1.73 bits per heavy atom. The lowest BCUT2D eigenvalue weighted by atomic mass is 10.1. The van der Waals surface area contributed by atoms with Gasteiger partial charge in [0.2, 0.25) is 0 Å². The van der Waals surface area contributed by atoms with Gasteiger partial charge in [0.05, 0.1) is 13.2 Å². The Kier molecular flexibility index (Phi) is 7.48. The molecule has 5 nitrogen and oxygen atoms in total. The van der Waals surface area contributed by atoms with Gasteiger partial charge in [-0.25, -0.2) is 4.99 Å². The quantitative estimate of drug-likeness (QED) is 0.427. The first-order chi connectivity index (χ1) is 12.5. The topological polar surface area (TPSA) is 68.9 Å². The fraction of sp³-hybridized carbons (Fsp3) is 0.381. The monoisotopic (exact) mass is 355 g/mol. The number of rotatable bonds is 8. The van der Waals surface area contributed by atoms with E-state index in [1.165, 1.54) is 11.1 Å². The molecule has 0 saturated heterocycles. The number of ether oxygens (including phenoxy) is 2. The highest BCUT2D eigenvalue weighted by Crippen LogP contribution is 2.21. The number of guanidine groups is 1. The molecule has 0 saturated carbocycles. The van der Waals surface area contributed by atoms with E-state index in [0.717, 1.165) is 22.6 Å². The SMILES string of the molecule is CCOCCOc1cc(C)ccc1CN=C(N)Nc1cc(C)cc(C)c1. The lowest BCUT2D eigenvalue weighted by Gasteiger charge is -2.12. The van der Waals surface area contributed by atoms with Crippen molar-refractivity contribution in [2.24, 2.45) is 10.7 Å². The zero-order valence-corrected chi connectivity index (χ0v) is 16.1. The molecule has 2 rings (SSSR count). The minimum absolute atomic E-state index is 0.385. The average molecular weight is 355 g/mol. The van der Waals surface area contributed by atoms with Crippen LogP contribution in [0.15, 0.2) is 41.4 Å². The van der Waals surface area contributed by atoms with E-state index in [1.807, 2.05) is 44.2 Å². The maximum Gasteiger partial charge on any atom is 0.193 e. The number of aliphatic imine (C=N–C) groups is 1. The van der Waals surface area contributed by atoms with Crippen LogP contribution in [0.2, 0.25) is 0 Å². The number of nitrogens with zero attached hydrogens (tertiary/aromatic N) is 1. The van der Waals surface area contributed by atoms with Crippen molar-refractivity contribution in [2.75, 3.05) is 25.1 Å². The van der Waals surface area contributed by atoms with E-state index in [9.17, 15) is 0 Å². The van der Waals surface area contributed by atoms with Crippen molar-refractivity contribution in [1.29, 1.82) is 0 Å². The number of benzene rings is 2. The molecule has 0 bridgehead atoms. The number of nitrogens with one attached hydrogen (secondary N) is 1. The van der Waals surface area contributed by atoms with Gasteiger partial charge in [0, 0.05) is 17.9 Å². The third-order valence-electron chi connectivity index (χ3n) is 3.83. The molecule has 0 heterocycles. The average Bonchev–Trinajstić information content (AvgIpc) is 2.57. The summed E-state index contributed by atoms with van der Waals surface area (Å²) in [6.45, 7) is 10.4. The molecule has 0 aromatic heterocycles. The molecule has 2 aromatic carbocycles. The van der Waals surface area contributed by atoms with Crippen molar-refractivity contribution in [3.8, 4) is 5.75 Å². The molecule has 0 aliphatic rings. The van der Waals surface area contributed by atoms with E-state index < -0.39 is 0 Å². The zero-order valence-electron chi connectivity index (χ0n) is 16.1. The zero-order chi connectivity index (χ0) is 18.9. The van der Waals surface area contributed by atoms with Gasteiger partial charge in [0.15, 0.2) is 5.96 Å². The van der Waals surface area contributed by atoms with Gasteiger partial charge in [0.25, 0.3) is 0 Å². The largest absolute Gasteiger partial charge is 0.491 e. The summed E-state index contributed by atoms with van der Waals surface area (Å²) in [6, 6.07) is 12.3. The Hall–Kier alpha value is -2.53. The minimum atomic E-state index is 0.385. The third kappa shape index (κ3) is 6.41. The van der Waals surface area contributed by atoms with Crippen LogP contribution in [-0.2, 0) is 11.3 Å². The molecule has 0 aliphatic carbocycles. The molecule has 0 spiro atoms. The Balaban J connectivity index is 2.03. The summed E-state index contributed by atoms with van der Waals surface area (Å²) in [6.07, 6.45) is 0. The molecule has 0 radical (unpaired) electrons. The highest BCUT2D eigenvalue weighted by Gasteiger charge is 2.05. The molecule has 0 atom stereocenters. The second-order valence-corrected chi connectivity index (χ2v) is 6.36. The van der Waals surface area contributed by atoms with Crippen molar-refractivity contribution in [3.63, 3.8) is 0 Å². The molecule has 2 aromatic rings. The molecule has 3 N–H and O–H groups in total. The van der Waals surface area contributed by atoms with E-state index in [2.05, 4.69) is 30.2 Å². The standard InChI is InChI=1S/C21H29N3O2/c1-5-25-8-9-26-20-13-15(2)6-7-18(20)14-23-21(22)24-19-11-16(3)10-17(4)12-19/h6-7,10-13H,5,8-9,14H2,1-4H3,(H3,22,23,24). The number of aryl methyl sites for hydroxylation is 3. The van der Waals surface area contributed by atoms with Gasteiger partial charge in [-0.05, 0) is 62.6 Å². The van der Waals surface area contributed by atoms with E-state index in [0.29, 0.717) is 32.3 Å². The van der Waals surface area contributed by atoms with Crippen LogP contribution in [0, 0.1) is 20.8 Å². The van der Waals surface area contributed by atoms with Gasteiger partial charge in [0.1, 0.15) is 12.4 Å². The van der Waals surface area contributed by atoms with Gasteiger partial charge in [-0.15, -0.1) is 0 Å². The predicted octanol–water partition coefficient (Wildman–Crippen LogP) is 3.95. The van der Waals surface area contributed by atoms with Gasteiger partial charge in [-0.3, -0.25) is 0 Å². The molecule has 0 aliphatic heterocycles. The van der Waals surface area contributed by atoms with Crippen LogP contribution in [0.3, 0.4) is 0 Å². The summed E-state index contributed by atoms with van der Waals surface area (Å²) in [7, 11) is 0. The van der Waals surface area contributed by atoms with Gasteiger partial charge in [-0.1, -0.05) is 18.2 Å². The van der Waals surface area contributed by atoms with E-state index in [-0.39, 0.29) is 0 Å². The molecular weight excluding hydrogens is 326 g/mol. The van der Waals surface area contributed by atoms with Crippen molar-refractivity contribution >= 4 is 11.6 Å². The summed E-state index contributed by atoms with van der Waals surface area (Å²) in [5.41, 5.74) is 11.5. The highest BCUT2D eigenvalue weighted by atomic mass is 16.5. The molecular formula is C21H29N3O2. The molecule has 140 valence electrons. The normalized spacial score (nSPS) is 11.5. The third-order valence-corrected chi connectivity index (χ3v) is 3.83. The van der Waals surface area contributed by atoms with Crippen molar-refractivity contribution in [1.82, 2.24) is 0 Å². The molecule has 5 heteroatoms. The van der Waals surface area contributed by atoms with Crippen molar-refractivity contribution < 1.29 is 9.47 Å². The van der Waals surface area contributed by atoms with Crippen LogP contribution < -0.4 is 15.8 Å². The van der Waals surface area contributed by atoms with Gasteiger partial charge >= 0.3 is 0 Å². The summed E-state index contributed by atoms with van der Waals surface area (Å²) in [5, 5.41) is 3.15. The fourth-order valence-electron chi connectivity index (χ4n) is 2.69. The summed E-state index contributed by atoms with van der Waals surface area (Å²) in [4.78, 5) is 4.46. The van der Waals surface area contributed by atoms with Gasteiger partial charge in [-0.2, -0.15) is 0 Å². The molecule has 0 amide bonds. The lowest BCUT2D eigenvalue weighted by Crippen LogP contribution is -2.22. The summed E-state index contributed by atoms with van der Waals surface area (Å²) < 4.78 is 11.2. The van der Waals surface area contributed by atoms with E-state index in [4.69, 9.17) is 15.2 Å². The Morgan fingerprint density at radius 3 is 2.42 bits per heavy atom. The second kappa shape index (κ2) is 9.82. The Labute approximate surface area is 156 Å². The van der Waals surface area contributed by atoms with E-state index >= 15 is 0 Å². The lowest BCUT2D eigenvalue weighted by molar-refractivity contribution is 0.110. The number of hydrogen-bond donors (Lipinski definition) is 2. The Morgan fingerprint density at radius 1 is 1.00 bits per heavy atom. The smallest absolute Gasteiger partial charge is 0.193 e. The number of nitrogens with two attached hydrogens (primary N) is 1. The maximum atomic E-state index is 6.05. The maximum absolute atomic E-state index is 6.05. The van der Waals surface area contributed by atoms with Crippen LogP contribution in [0.4, 0.5) is 5.69 Å². The van der Waals surface area contributed by atoms with Gasteiger partial charge < -0.3 is 20.5 Å². The Bertz CT molecular complexity index is 737. The van der Waals surface area contributed by atoms with Crippen LogP contribution in [0.25, 0.3) is 0 Å². The predicted molar refractivity (Wildman–Crippen MR) is 108 cm³/mol. The van der Waals surface area contributed by atoms with Crippen LogP contribution >= 0.6 is 0 Å². The van der Waals surface area contributed by atoms with Crippen LogP contribution in [-0.4, -0.2) is 25.8 Å². The first kappa shape index (κ1) is 19.8. The molecule has 26 heavy (non-hydrogen) atoms. The van der Waals surface area contributed by atoms with Crippen molar-refractivity contribution in [3.05, 3.63) is 58.7 Å². The van der Waals surface area contributed by atoms with Crippen molar-refractivity contribution in [2.45, 2.75) is 34.2 Å². The summed E-state index contributed by atoms with van der Waals surface area (Å²) in [5.74, 6) is 1.21. The van der Waals surface area contributed by atoms with Crippen LogP contribution in [0.1, 0.15) is 29.2 Å². The summed E-state index contributed by atoms with van der Waals surface area (Å²) >= 11 is 0. The second-order valence-electron chi connectivity index (χ2n) is 6.36. The first-order valence-corrected chi connectivity index (χ1v) is 8.93. The minimum Gasteiger partial charge on any atom is -0.491 e. The first-order valence-electron chi connectivity index (χ1n) is 8.93. The van der Waals surface area contributed by atoms with Crippen LogP contribution in [0.5, 0.6) is 5.75 Å². The number of anilines is 1. The highest BCUT2D eigenvalue weighted by molar-refractivity contribution is 5.92. The molecule has 0 fully saturated rings. The fourth-order valence-corrected chi connectivity index (χ4v) is 2.69.